The van der Waals surface area contributed by atoms with Crippen LogP contribution in [0.3, 0.4) is 0 Å². The van der Waals surface area contributed by atoms with Crippen LogP contribution < -0.4 is 0 Å². The maximum Gasteiger partial charge on any atom is 0.159 e. The summed E-state index contributed by atoms with van der Waals surface area (Å²) in [5.74, 6) is -1.73. The zero-order valence-electron chi connectivity index (χ0n) is 7.11. The molecule has 0 amide bonds. The van der Waals surface area contributed by atoms with Gasteiger partial charge in [0.25, 0.3) is 0 Å². The summed E-state index contributed by atoms with van der Waals surface area (Å²) in [6, 6.07) is 5.29. The molecule has 1 aromatic carbocycles. The van der Waals surface area contributed by atoms with Gasteiger partial charge in [0.2, 0.25) is 0 Å². The van der Waals surface area contributed by atoms with Crippen molar-refractivity contribution in [2.45, 2.75) is 0 Å². The van der Waals surface area contributed by atoms with Crippen LogP contribution in [0.15, 0.2) is 36.8 Å². The van der Waals surface area contributed by atoms with E-state index in [9.17, 15) is 8.78 Å². The average Bonchev–Trinajstić information content (AvgIpc) is 2.23. The van der Waals surface area contributed by atoms with Crippen molar-refractivity contribution in [2.75, 3.05) is 0 Å². The molecule has 0 atom stereocenters. The van der Waals surface area contributed by atoms with E-state index in [0.717, 1.165) is 12.1 Å². The fraction of sp³-hybridized carbons (Fsp3) is 0. The molecule has 0 saturated carbocycles. The lowest BCUT2D eigenvalue weighted by Gasteiger charge is -1.99. The summed E-state index contributed by atoms with van der Waals surface area (Å²) in [5, 5.41) is 0. The molecule has 0 N–H and O–H groups in total. The van der Waals surface area contributed by atoms with Crippen molar-refractivity contribution < 1.29 is 8.78 Å². The highest BCUT2D eigenvalue weighted by Gasteiger charge is 2.04. The second-order valence-corrected chi connectivity index (χ2v) is 2.72. The largest absolute Gasteiger partial charge is 0.245 e. The topological polar surface area (TPSA) is 25.8 Å². The zero-order chi connectivity index (χ0) is 9.97. The van der Waals surface area contributed by atoms with E-state index in [1.165, 1.54) is 12.4 Å². The summed E-state index contributed by atoms with van der Waals surface area (Å²) in [6.45, 7) is 0. The predicted molar refractivity (Wildman–Crippen MR) is 47.4 cm³/mol. The van der Waals surface area contributed by atoms with Gasteiger partial charge in [0.1, 0.15) is 6.33 Å². The SMILES string of the molecule is Fc1ccc(-c2ccncn2)cc1F. The molecule has 0 saturated heterocycles. The lowest BCUT2D eigenvalue weighted by Crippen LogP contribution is -1.87. The van der Waals surface area contributed by atoms with Crippen molar-refractivity contribution in [1.29, 1.82) is 0 Å². The van der Waals surface area contributed by atoms with Gasteiger partial charge in [0.15, 0.2) is 11.6 Å². The molecule has 0 radical (unpaired) electrons. The van der Waals surface area contributed by atoms with Crippen molar-refractivity contribution in [3.8, 4) is 11.3 Å². The molecule has 70 valence electrons. The standard InChI is InChI=1S/C10H6F2N2/c11-8-2-1-7(5-9(8)12)10-3-4-13-6-14-10/h1-6H. The number of halogens is 2. The van der Waals surface area contributed by atoms with Gasteiger partial charge >= 0.3 is 0 Å². The summed E-state index contributed by atoms with van der Waals surface area (Å²) in [4.78, 5) is 7.65. The van der Waals surface area contributed by atoms with E-state index in [4.69, 9.17) is 0 Å². The monoisotopic (exact) mass is 192 g/mol. The second kappa shape index (κ2) is 3.49. The minimum absolute atomic E-state index is 0.534. The Labute approximate surface area is 79.3 Å². The molecule has 4 heteroatoms. The van der Waals surface area contributed by atoms with Crippen LogP contribution in [0.25, 0.3) is 11.3 Å². The molecule has 1 heterocycles. The molecule has 2 rings (SSSR count). The Kier molecular flexibility index (Phi) is 2.18. The Bertz CT molecular complexity index is 443. The van der Waals surface area contributed by atoms with Crippen molar-refractivity contribution in [3.05, 3.63) is 48.4 Å². The number of hydrogen-bond donors (Lipinski definition) is 0. The normalized spacial score (nSPS) is 10.1. The average molecular weight is 192 g/mol. The van der Waals surface area contributed by atoms with Crippen molar-refractivity contribution in [3.63, 3.8) is 0 Å². The van der Waals surface area contributed by atoms with E-state index in [2.05, 4.69) is 9.97 Å². The van der Waals surface area contributed by atoms with E-state index in [1.54, 1.807) is 12.3 Å². The van der Waals surface area contributed by atoms with E-state index < -0.39 is 11.6 Å². The molecule has 0 bridgehead atoms. The van der Waals surface area contributed by atoms with E-state index in [0.29, 0.717) is 11.3 Å². The van der Waals surface area contributed by atoms with Gasteiger partial charge in [-0.15, -0.1) is 0 Å². The fourth-order valence-electron chi connectivity index (χ4n) is 1.12. The highest BCUT2D eigenvalue weighted by molar-refractivity contribution is 5.58. The maximum absolute atomic E-state index is 12.8. The molecule has 0 aliphatic carbocycles. The van der Waals surface area contributed by atoms with Gasteiger partial charge < -0.3 is 0 Å². The number of rotatable bonds is 1. The highest BCUT2D eigenvalue weighted by Crippen LogP contribution is 2.18. The number of hydrogen-bond acceptors (Lipinski definition) is 2. The molecule has 14 heavy (non-hydrogen) atoms. The molecule has 0 unspecified atom stereocenters. The number of benzene rings is 1. The highest BCUT2D eigenvalue weighted by atomic mass is 19.2. The van der Waals surface area contributed by atoms with Crippen LogP contribution in [-0.4, -0.2) is 9.97 Å². The number of nitrogens with zero attached hydrogens (tertiary/aromatic N) is 2. The summed E-state index contributed by atoms with van der Waals surface area (Å²) in [5.41, 5.74) is 1.10. The van der Waals surface area contributed by atoms with Crippen LogP contribution >= 0.6 is 0 Å². The third kappa shape index (κ3) is 1.59. The lowest BCUT2D eigenvalue weighted by atomic mass is 10.1. The van der Waals surface area contributed by atoms with Crippen LogP contribution in [0, 0.1) is 11.6 Å². The van der Waals surface area contributed by atoms with Crippen molar-refractivity contribution in [2.24, 2.45) is 0 Å². The molecule has 0 aliphatic heterocycles. The van der Waals surface area contributed by atoms with Crippen LogP contribution in [0.2, 0.25) is 0 Å². The molecule has 0 spiro atoms. The predicted octanol–water partition coefficient (Wildman–Crippen LogP) is 2.42. The van der Waals surface area contributed by atoms with Gasteiger partial charge in [-0.3, -0.25) is 0 Å². The maximum atomic E-state index is 12.8. The van der Waals surface area contributed by atoms with Gasteiger partial charge in [0.05, 0.1) is 5.69 Å². The molecule has 2 aromatic rings. The first kappa shape index (κ1) is 8.74. The molecular formula is C10H6F2N2. The Morgan fingerprint density at radius 1 is 1.00 bits per heavy atom. The second-order valence-electron chi connectivity index (χ2n) is 2.72. The quantitative estimate of drug-likeness (QED) is 0.693. The zero-order valence-corrected chi connectivity index (χ0v) is 7.11. The van der Waals surface area contributed by atoms with Crippen LogP contribution in [-0.2, 0) is 0 Å². The van der Waals surface area contributed by atoms with Crippen LogP contribution in [0.1, 0.15) is 0 Å². The fourth-order valence-corrected chi connectivity index (χ4v) is 1.12. The van der Waals surface area contributed by atoms with Gasteiger partial charge in [-0.25, -0.2) is 18.7 Å². The first-order chi connectivity index (χ1) is 6.77. The Morgan fingerprint density at radius 2 is 1.86 bits per heavy atom. The smallest absolute Gasteiger partial charge is 0.159 e. The van der Waals surface area contributed by atoms with E-state index in [-0.39, 0.29) is 0 Å². The molecule has 0 fully saturated rings. The van der Waals surface area contributed by atoms with Crippen LogP contribution in [0.5, 0.6) is 0 Å². The molecule has 2 nitrogen and oxygen atoms in total. The first-order valence-corrected chi connectivity index (χ1v) is 3.99. The Hall–Kier alpha value is -1.84. The number of aromatic nitrogens is 2. The van der Waals surface area contributed by atoms with E-state index in [1.807, 2.05) is 0 Å². The Morgan fingerprint density at radius 3 is 2.50 bits per heavy atom. The van der Waals surface area contributed by atoms with Crippen molar-refractivity contribution >= 4 is 0 Å². The molecule has 0 aliphatic rings. The van der Waals surface area contributed by atoms with Gasteiger partial charge in [0, 0.05) is 11.8 Å². The third-order valence-electron chi connectivity index (χ3n) is 1.80. The van der Waals surface area contributed by atoms with Gasteiger partial charge in [-0.1, -0.05) is 0 Å². The third-order valence-corrected chi connectivity index (χ3v) is 1.80. The minimum Gasteiger partial charge on any atom is -0.245 e. The first-order valence-electron chi connectivity index (χ1n) is 3.99. The van der Waals surface area contributed by atoms with Crippen molar-refractivity contribution in [1.82, 2.24) is 9.97 Å². The summed E-state index contributed by atoms with van der Waals surface area (Å²) < 4.78 is 25.5. The molecular weight excluding hydrogens is 186 g/mol. The van der Waals surface area contributed by atoms with Gasteiger partial charge in [-0.05, 0) is 24.3 Å². The minimum atomic E-state index is -0.874. The summed E-state index contributed by atoms with van der Waals surface area (Å²) in [7, 11) is 0. The van der Waals surface area contributed by atoms with E-state index >= 15 is 0 Å². The summed E-state index contributed by atoms with van der Waals surface area (Å²) in [6.07, 6.45) is 2.90. The van der Waals surface area contributed by atoms with Crippen LogP contribution in [0.4, 0.5) is 8.78 Å². The Balaban J connectivity index is 2.48. The van der Waals surface area contributed by atoms with Gasteiger partial charge in [-0.2, -0.15) is 0 Å². The summed E-state index contributed by atoms with van der Waals surface area (Å²) >= 11 is 0. The lowest BCUT2D eigenvalue weighted by molar-refractivity contribution is 0.509. The molecule has 1 aromatic heterocycles.